The van der Waals surface area contributed by atoms with Crippen LogP contribution in [0.2, 0.25) is 0 Å². The first-order valence-electron chi connectivity index (χ1n) is 13.2. The Labute approximate surface area is 238 Å². The Hall–Kier alpha value is -4.32. The SMILES string of the molecule is CCC(C)OC(=O)Oc1ccc(CC(N)(C[C@H](C)OC(=O)Oc2ccccc2)C(=O)O)cc1OC(=O)OC(C)CC. The Bertz CT molecular complexity index is 1190. The molecule has 0 spiro atoms. The molecule has 224 valence electrons. The van der Waals surface area contributed by atoms with Crippen LogP contribution >= 0.6 is 0 Å². The van der Waals surface area contributed by atoms with Crippen LogP contribution in [0.25, 0.3) is 0 Å². The maximum atomic E-state index is 12.3. The lowest BCUT2D eigenvalue weighted by Crippen LogP contribution is -2.52. The zero-order valence-corrected chi connectivity index (χ0v) is 23.8. The number of benzene rings is 2. The minimum absolute atomic E-state index is 0.151. The van der Waals surface area contributed by atoms with E-state index in [9.17, 15) is 24.3 Å². The van der Waals surface area contributed by atoms with E-state index in [0.29, 0.717) is 18.4 Å². The third kappa shape index (κ3) is 11.0. The molecule has 41 heavy (non-hydrogen) atoms. The standard InChI is InChI=1S/C29H37NO11/c1-6-18(3)36-27(34)40-23-14-13-21(15-24(23)41-28(35)37-19(4)7-2)17-29(30,25(31)32)16-20(5)38-26(33)39-22-11-9-8-10-12-22/h8-15,18-20H,6-7,16-17,30H2,1-5H3,(H,31,32)/t18?,19?,20-,29?/m0/s1. The van der Waals surface area contributed by atoms with Gasteiger partial charge in [0.15, 0.2) is 11.5 Å². The van der Waals surface area contributed by atoms with Crippen LogP contribution in [-0.2, 0) is 25.4 Å². The fourth-order valence-electron chi connectivity index (χ4n) is 3.48. The molecule has 3 unspecified atom stereocenters. The van der Waals surface area contributed by atoms with Gasteiger partial charge in [0, 0.05) is 12.8 Å². The van der Waals surface area contributed by atoms with Gasteiger partial charge in [-0.25, -0.2) is 14.4 Å². The summed E-state index contributed by atoms with van der Waals surface area (Å²) in [6.07, 6.45) is -4.33. The summed E-state index contributed by atoms with van der Waals surface area (Å²) in [6.45, 7) is 8.48. The first-order chi connectivity index (χ1) is 19.3. The summed E-state index contributed by atoms with van der Waals surface area (Å²) in [7, 11) is 0. The third-order valence-electron chi connectivity index (χ3n) is 5.98. The summed E-state index contributed by atoms with van der Waals surface area (Å²) in [6, 6.07) is 12.3. The molecule has 0 saturated heterocycles. The number of carboxylic acids is 1. The number of aliphatic carboxylic acids is 1. The predicted octanol–water partition coefficient (Wildman–Crippen LogP) is 5.63. The minimum Gasteiger partial charge on any atom is -0.480 e. The molecule has 0 fully saturated rings. The number of carbonyl (C=O) groups is 4. The molecule has 4 atom stereocenters. The average molecular weight is 576 g/mol. The van der Waals surface area contributed by atoms with Crippen molar-refractivity contribution in [1.82, 2.24) is 0 Å². The molecule has 2 rings (SSSR count). The Morgan fingerprint density at radius 2 is 1.27 bits per heavy atom. The number of hydrogen-bond acceptors (Lipinski definition) is 11. The highest BCUT2D eigenvalue weighted by Crippen LogP contribution is 2.32. The third-order valence-corrected chi connectivity index (χ3v) is 5.98. The molecule has 2 aromatic rings. The number of para-hydroxylation sites is 1. The highest BCUT2D eigenvalue weighted by Gasteiger charge is 2.37. The van der Waals surface area contributed by atoms with Crippen molar-refractivity contribution in [1.29, 1.82) is 0 Å². The molecular weight excluding hydrogens is 538 g/mol. The van der Waals surface area contributed by atoms with Gasteiger partial charge in [-0.1, -0.05) is 38.1 Å². The smallest absolute Gasteiger partial charge is 0.480 e. The maximum Gasteiger partial charge on any atom is 0.514 e. The molecule has 12 nitrogen and oxygen atoms in total. The van der Waals surface area contributed by atoms with Gasteiger partial charge in [-0.05, 0) is 63.4 Å². The van der Waals surface area contributed by atoms with E-state index in [2.05, 4.69) is 0 Å². The molecule has 0 radical (unpaired) electrons. The maximum absolute atomic E-state index is 12.3. The fraction of sp³-hybridized carbons (Fsp3) is 0.448. The van der Waals surface area contributed by atoms with E-state index in [1.807, 2.05) is 13.8 Å². The van der Waals surface area contributed by atoms with E-state index in [0.717, 1.165) is 0 Å². The molecule has 12 heteroatoms. The van der Waals surface area contributed by atoms with Crippen molar-refractivity contribution in [2.24, 2.45) is 5.73 Å². The van der Waals surface area contributed by atoms with E-state index in [1.54, 1.807) is 44.2 Å². The first-order valence-corrected chi connectivity index (χ1v) is 13.2. The number of nitrogens with two attached hydrogens (primary N) is 1. The largest absolute Gasteiger partial charge is 0.514 e. The Morgan fingerprint density at radius 3 is 1.80 bits per heavy atom. The van der Waals surface area contributed by atoms with Crippen LogP contribution < -0.4 is 19.9 Å². The Morgan fingerprint density at radius 1 is 0.756 bits per heavy atom. The molecule has 3 N–H and O–H groups in total. The quantitative estimate of drug-likeness (QED) is 0.172. The topological polar surface area (TPSA) is 170 Å². The number of carbonyl (C=O) groups excluding carboxylic acids is 3. The highest BCUT2D eigenvalue weighted by molar-refractivity contribution is 5.79. The van der Waals surface area contributed by atoms with Crippen molar-refractivity contribution in [3.63, 3.8) is 0 Å². The van der Waals surface area contributed by atoms with Gasteiger partial charge in [0.25, 0.3) is 0 Å². The Kier molecular flexibility index (Phi) is 12.4. The van der Waals surface area contributed by atoms with Gasteiger partial charge in [0.1, 0.15) is 29.6 Å². The first kappa shape index (κ1) is 32.9. The fourth-order valence-corrected chi connectivity index (χ4v) is 3.48. The summed E-state index contributed by atoms with van der Waals surface area (Å²) in [5, 5.41) is 9.95. The Balaban J connectivity index is 2.22. The summed E-state index contributed by atoms with van der Waals surface area (Å²) >= 11 is 0. The summed E-state index contributed by atoms with van der Waals surface area (Å²) in [5.74, 6) is -1.46. The van der Waals surface area contributed by atoms with Crippen LogP contribution in [0.1, 0.15) is 59.4 Å². The molecule has 0 aromatic heterocycles. The van der Waals surface area contributed by atoms with E-state index >= 15 is 0 Å². The van der Waals surface area contributed by atoms with Crippen molar-refractivity contribution < 1.29 is 52.7 Å². The second-order valence-electron chi connectivity index (χ2n) is 9.59. The van der Waals surface area contributed by atoms with Crippen LogP contribution in [0.15, 0.2) is 48.5 Å². The minimum atomic E-state index is -1.90. The molecule has 0 aliphatic rings. The summed E-state index contributed by atoms with van der Waals surface area (Å²) < 4.78 is 31.1. The number of carboxylic acid groups (broad SMARTS) is 1. The van der Waals surface area contributed by atoms with E-state index < -0.39 is 48.3 Å². The number of hydrogen-bond donors (Lipinski definition) is 2. The van der Waals surface area contributed by atoms with Crippen molar-refractivity contribution in [2.45, 2.75) is 84.2 Å². The van der Waals surface area contributed by atoms with E-state index in [-0.39, 0.29) is 30.1 Å². The van der Waals surface area contributed by atoms with Crippen molar-refractivity contribution in [3.05, 3.63) is 54.1 Å². The van der Waals surface area contributed by atoms with Gasteiger partial charge in [-0.15, -0.1) is 0 Å². The molecule has 0 bridgehead atoms. The summed E-state index contributed by atoms with van der Waals surface area (Å²) in [5.41, 5.74) is 4.67. The van der Waals surface area contributed by atoms with Gasteiger partial charge >= 0.3 is 24.4 Å². The van der Waals surface area contributed by atoms with Crippen LogP contribution in [-0.4, -0.2) is 53.4 Å². The summed E-state index contributed by atoms with van der Waals surface area (Å²) in [4.78, 5) is 48.9. The van der Waals surface area contributed by atoms with Crippen molar-refractivity contribution in [2.75, 3.05) is 0 Å². The zero-order chi connectivity index (χ0) is 30.6. The van der Waals surface area contributed by atoms with Gasteiger partial charge in [-0.2, -0.15) is 0 Å². The number of rotatable bonds is 13. The van der Waals surface area contributed by atoms with Gasteiger partial charge in [0.05, 0.1) is 0 Å². The molecule has 0 aliphatic carbocycles. The second-order valence-corrected chi connectivity index (χ2v) is 9.59. The lowest BCUT2D eigenvalue weighted by molar-refractivity contribution is -0.144. The molecular formula is C29H37NO11. The lowest BCUT2D eigenvalue weighted by Gasteiger charge is -2.28. The predicted molar refractivity (Wildman–Crippen MR) is 146 cm³/mol. The normalized spacial score (nSPS) is 14.4. The highest BCUT2D eigenvalue weighted by atomic mass is 16.8. The van der Waals surface area contributed by atoms with E-state index in [1.165, 1.54) is 25.1 Å². The van der Waals surface area contributed by atoms with Crippen molar-refractivity contribution >= 4 is 24.4 Å². The van der Waals surface area contributed by atoms with Gasteiger partial charge in [0.2, 0.25) is 0 Å². The molecule has 0 amide bonds. The van der Waals surface area contributed by atoms with Crippen LogP contribution in [0.3, 0.4) is 0 Å². The monoisotopic (exact) mass is 575 g/mol. The van der Waals surface area contributed by atoms with Crippen molar-refractivity contribution in [3.8, 4) is 17.2 Å². The zero-order valence-electron chi connectivity index (χ0n) is 23.8. The van der Waals surface area contributed by atoms with Gasteiger partial charge in [-0.3, -0.25) is 4.79 Å². The van der Waals surface area contributed by atoms with E-state index in [4.69, 9.17) is 34.2 Å². The lowest BCUT2D eigenvalue weighted by atomic mass is 9.86. The molecule has 0 saturated carbocycles. The molecule has 0 heterocycles. The number of ether oxygens (including phenoxy) is 6. The van der Waals surface area contributed by atoms with Crippen LogP contribution in [0.5, 0.6) is 17.2 Å². The average Bonchev–Trinajstić information content (AvgIpc) is 2.90. The van der Waals surface area contributed by atoms with Crippen LogP contribution in [0, 0.1) is 0 Å². The van der Waals surface area contributed by atoms with Gasteiger partial charge < -0.3 is 39.3 Å². The molecule has 2 aromatic carbocycles. The second kappa shape index (κ2) is 15.5. The molecule has 0 aliphatic heterocycles. The van der Waals surface area contributed by atoms with Crippen LogP contribution in [0.4, 0.5) is 14.4 Å².